The van der Waals surface area contributed by atoms with Crippen molar-refractivity contribution in [1.82, 2.24) is 0 Å². The molecule has 0 bridgehead atoms. The van der Waals surface area contributed by atoms with Gasteiger partial charge in [-0.15, -0.1) is 0 Å². The van der Waals surface area contributed by atoms with Crippen LogP contribution >= 0.6 is 23.2 Å². The molecule has 56 heavy (non-hydrogen) atoms. The van der Waals surface area contributed by atoms with Gasteiger partial charge in [-0.1, -0.05) is 35.3 Å². The quantitative estimate of drug-likeness (QED) is 0.0695. The summed E-state index contributed by atoms with van der Waals surface area (Å²) in [5, 5.41) is 22.1. The molecule has 2 unspecified atom stereocenters. The molecule has 2 N–H and O–H groups in total. The fourth-order valence-corrected chi connectivity index (χ4v) is 5.69. The molecule has 14 nitrogen and oxygen atoms in total. The molecule has 0 aliphatic carbocycles. The number of ether oxygens (including phenoxy) is 4. The Bertz CT molecular complexity index is 1980. The van der Waals surface area contributed by atoms with Crippen molar-refractivity contribution in [3.63, 3.8) is 0 Å². The number of nitrogens with one attached hydrogen (secondary N) is 2. The third kappa shape index (κ3) is 11.6. The van der Waals surface area contributed by atoms with Crippen LogP contribution < -0.4 is 29.6 Å². The van der Waals surface area contributed by atoms with E-state index in [1.54, 1.807) is 60.7 Å². The van der Waals surface area contributed by atoms with Gasteiger partial charge in [0, 0.05) is 34.6 Å². The van der Waals surface area contributed by atoms with E-state index >= 15 is 0 Å². The minimum atomic E-state index is -1.43. The molecule has 0 saturated heterocycles. The van der Waals surface area contributed by atoms with Crippen LogP contribution in [-0.2, 0) is 19.2 Å². The standard InChI is InChI=1S/C40H42Cl2N6O8/c1-7-53-33-17-13-25(21-35(33)55-9-3)43-39(51)37(23(5)49)47-45-27-11-15-29(31(41)19-27)30-16-12-28(20-32(30)42)46-48-38(24(6)50)40(52)44-26-14-18-34(54-8-2)36(22-26)56-10-4/h11-22,37-38H,7-10H2,1-6H3,(H,43,51)(H,44,52). The minimum absolute atomic E-state index is 0.259. The summed E-state index contributed by atoms with van der Waals surface area (Å²) in [4.78, 5) is 50.9. The van der Waals surface area contributed by atoms with Crippen LogP contribution in [0.4, 0.5) is 22.7 Å². The number of hydrogen-bond acceptors (Lipinski definition) is 12. The molecule has 4 aromatic rings. The molecule has 294 valence electrons. The van der Waals surface area contributed by atoms with Crippen LogP contribution in [0.5, 0.6) is 23.0 Å². The zero-order chi connectivity index (χ0) is 40.8. The van der Waals surface area contributed by atoms with Crippen molar-refractivity contribution >= 4 is 69.3 Å². The lowest BCUT2D eigenvalue weighted by Crippen LogP contribution is -2.31. The van der Waals surface area contributed by atoms with Crippen molar-refractivity contribution in [2.24, 2.45) is 20.5 Å². The number of carbonyl (C=O) groups is 4. The molecule has 0 aliphatic rings. The van der Waals surface area contributed by atoms with Gasteiger partial charge in [-0.2, -0.15) is 20.5 Å². The molecule has 0 radical (unpaired) electrons. The maximum absolute atomic E-state index is 13.1. The average Bonchev–Trinajstić information content (AvgIpc) is 3.14. The normalized spacial score (nSPS) is 12.2. The number of rotatable bonds is 19. The first-order chi connectivity index (χ1) is 26.9. The molecular formula is C40H42Cl2N6O8. The average molecular weight is 806 g/mol. The Morgan fingerprint density at radius 3 is 1.21 bits per heavy atom. The highest BCUT2D eigenvalue weighted by molar-refractivity contribution is 6.36. The molecule has 2 atom stereocenters. The largest absolute Gasteiger partial charge is 0.490 e. The van der Waals surface area contributed by atoms with Crippen LogP contribution in [0.25, 0.3) is 11.1 Å². The van der Waals surface area contributed by atoms with E-state index in [2.05, 4.69) is 31.1 Å². The van der Waals surface area contributed by atoms with Gasteiger partial charge in [0.2, 0.25) is 12.1 Å². The predicted octanol–water partition coefficient (Wildman–Crippen LogP) is 9.62. The fraction of sp³-hybridized carbons (Fsp3) is 0.300. The molecule has 2 amide bonds. The Morgan fingerprint density at radius 2 is 0.893 bits per heavy atom. The Balaban J connectivity index is 1.46. The molecule has 0 spiro atoms. The smallest absolute Gasteiger partial charge is 0.258 e. The van der Waals surface area contributed by atoms with E-state index in [0.717, 1.165) is 0 Å². The maximum atomic E-state index is 13.1. The van der Waals surface area contributed by atoms with E-state index in [9.17, 15) is 19.2 Å². The molecular weight excluding hydrogens is 763 g/mol. The highest BCUT2D eigenvalue weighted by Crippen LogP contribution is 2.38. The van der Waals surface area contributed by atoms with Crippen molar-refractivity contribution in [3.8, 4) is 34.1 Å². The van der Waals surface area contributed by atoms with E-state index in [1.165, 1.54) is 26.0 Å². The van der Waals surface area contributed by atoms with Crippen LogP contribution in [0.3, 0.4) is 0 Å². The predicted molar refractivity (Wildman–Crippen MR) is 215 cm³/mol. The van der Waals surface area contributed by atoms with Gasteiger partial charge in [0.1, 0.15) is 0 Å². The van der Waals surface area contributed by atoms with E-state index < -0.39 is 35.5 Å². The second-order valence-corrected chi connectivity index (χ2v) is 12.6. The van der Waals surface area contributed by atoms with Crippen LogP contribution in [0.15, 0.2) is 93.3 Å². The van der Waals surface area contributed by atoms with Crippen molar-refractivity contribution in [2.45, 2.75) is 53.6 Å². The summed E-state index contributed by atoms with van der Waals surface area (Å²) in [6, 6.07) is 16.5. The van der Waals surface area contributed by atoms with Crippen LogP contribution in [0.2, 0.25) is 10.0 Å². The number of hydrogen-bond donors (Lipinski definition) is 2. The number of ketones is 2. The van der Waals surface area contributed by atoms with Gasteiger partial charge < -0.3 is 29.6 Å². The number of Topliss-reactive ketones (excluding diaryl/α,β-unsaturated/α-hetero) is 2. The number of nitrogens with zero attached hydrogens (tertiary/aromatic N) is 4. The molecule has 0 fully saturated rings. The van der Waals surface area contributed by atoms with Gasteiger partial charge in [0.15, 0.2) is 34.6 Å². The third-order valence-corrected chi connectivity index (χ3v) is 8.29. The Morgan fingerprint density at radius 1 is 0.536 bits per heavy atom. The van der Waals surface area contributed by atoms with E-state index in [0.29, 0.717) is 71.9 Å². The van der Waals surface area contributed by atoms with Gasteiger partial charge >= 0.3 is 0 Å². The number of benzene rings is 4. The maximum Gasteiger partial charge on any atom is 0.258 e. The SMILES string of the molecule is CCOc1ccc(NC(=O)C(N=Nc2ccc(-c3ccc(N=NC(C(C)=O)C(=O)Nc4ccc(OCC)c(OCC)c4)cc3Cl)c(Cl)c2)C(C)=O)cc1OCC. The minimum Gasteiger partial charge on any atom is -0.490 e. The Hall–Kier alpha value is -5.86. The molecule has 0 aromatic heterocycles. The lowest BCUT2D eigenvalue weighted by atomic mass is 10.0. The van der Waals surface area contributed by atoms with E-state index in [1.807, 2.05) is 27.7 Å². The fourth-order valence-electron chi connectivity index (χ4n) is 5.13. The van der Waals surface area contributed by atoms with Crippen molar-refractivity contribution < 1.29 is 38.1 Å². The van der Waals surface area contributed by atoms with Crippen LogP contribution in [0, 0.1) is 0 Å². The van der Waals surface area contributed by atoms with Gasteiger partial charge in [0.05, 0.1) is 47.8 Å². The first kappa shape index (κ1) is 42.9. The summed E-state index contributed by atoms with van der Waals surface area (Å²) in [5.74, 6) is -0.463. The molecule has 0 heterocycles. The van der Waals surface area contributed by atoms with Gasteiger partial charge in [-0.3, -0.25) is 19.2 Å². The number of amides is 2. The molecule has 4 aromatic carbocycles. The second-order valence-electron chi connectivity index (χ2n) is 11.8. The van der Waals surface area contributed by atoms with Gasteiger partial charge in [-0.25, -0.2) is 0 Å². The summed E-state index contributed by atoms with van der Waals surface area (Å²) in [6.45, 7) is 11.5. The van der Waals surface area contributed by atoms with Crippen molar-refractivity contribution in [1.29, 1.82) is 0 Å². The zero-order valence-corrected chi connectivity index (χ0v) is 33.2. The van der Waals surface area contributed by atoms with Crippen LogP contribution in [-0.4, -0.2) is 61.9 Å². The zero-order valence-electron chi connectivity index (χ0n) is 31.7. The van der Waals surface area contributed by atoms with Crippen LogP contribution in [0.1, 0.15) is 41.5 Å². The van der Waals surface area contributed by atoms with Crippen molar-refractivity contribution in [2.75, 3.05) is 37.1 Å². The summed E-state index contributed by atoms with van der Waals surface area (Å²) in [7, 11) is 0. The lowest BCUT2D eigenvalue weighted by Gasteiger charge is -2.14. The number of azo groups is 2. The third-order valence-electron chi connectivity index (χ3n) is 7.66. The number of anilines is 2. The highest BCUT2D eigenvalue weighted by atomic mass is 35.5. The van der Waals surface area contributed by atoms with E-state index in [4.69, 9.17) is 42.1 Å². The molecule has 16 heteroatoms. The molecule has 0 aliphatic heterocycles. The van der Waals surface area contributed by atoms with Crippen molar-refractivity contribution in [3.05, 3.63) is 82.8 Å². The highest BCUT2D eigenvalue weighted by Gasteiger charge is 2.25. The summed E-state index contributed by atoms with van der Waals surface area (Å²) in [5.41, 5.74) is 2.44. The Kier molecular flexibility index (Phi) is 15.9. The summed E-state index contributed by atoms with van der Waals surface area (Å²) < 4.78 is 22.4. The summed E-state index contributed by atoms with van der Waals surface area (Å²) in [6.07, 6.45) is 0. The van der Waals surface area contributed by atoms with Gasteiger partial charge in [-0.05, 0) is 90.1 Å². The first-order valence-electron chi connectivity index (χ1n) is 17.7. The Labute approximate surface area is 334 Å². The number of halogens is 2. The summed E-state index contributed by atoms with van der Waals surface area (Å²) >= 11 is 13.2. The van der Waals surface area contributed by atoms with Gasteiger partial charge in [0.25, 0.3) is 11.8 Å². The monoisotopic (exact) mass is 804 g/mol. The topological polar surface area (TPSA) is 179 Å². The number of carbonyl (C=O) groups excluding carboxylic acids is 4. The molecule has 4 rings (SSSR count). The second kappa shape index (κ2) is 20.7. The molecule has 0 saturated carbocycles. The van der Waals surface area contributed by atoms with E-state index in [-0.39, 0.29) is 21.4 Å². The lowest BCUT2D eigenvalue weighted by molar-refractivity contribution is -0.127. The first-order valence-corrected chi connectivity index (χ1v) is 18.5.